The van der Waals surface area contributed by atoms with Crippen LogP contribution < -0.4 is 0 Å². The van der Waals surface area contributed by atoms with Gasteiger partial charge in [0, 0.05) is 12.8 Å². The minimum atomic E-state index is -0.532. The van der Waals surface area contributed by atoms with Crippen molar-refractivity contribution in [3.05, 3.63) is 23.3 Å². The molecule has 0 saturated carbocycles. The number of aldehydes is 1. The highest BCUT2D eigenvalue weighted by molar-refractivity contribution is 5.50. The zero-order valence-corrected chi connectivity index (χ0v) is 11.3. The van der Waals surface area contributed by atoms with E-state index in [0.29, 0.717) is 13.0 Å². The fourth-order valence-corrected chi connectivity index (χ4v) is 2.75. The van der Waals surface area contributed by atoms with Crippen LogP contribution in [0.3, 0.4) is 0 Å². The molecule has 1 fully saturated rings. The molecule has 2 unspecified atom stereocenters. The number of hydrogen-bond donors (Lipinski definition) is 0. The Morgan fingerprint density at radius 2 is 2.28 bits per heavy atom. The van der Waals surface area contributed by atoms with Gasteiger partial charge in [0.15, 0.2) is 5.79 Å². The molecule has 0 radical (unpaired) electrons. The second-order valence-electron chi connectivity index (χ2n) is 5.05. The van der Waals surface area contributed by atoms with E-state index in [0.717, 1.165) is 32.0 Å². The maximum absolute atomic E-state index is 10.6. The predicted octanol–water partition coefficient (Wildman–Crippen LogP) is 3.15. The average Bonchev–Trinajstić information content (AvgIpc) is 2.89. The first kappa shape index (κ1) is 13.5. The van der Waals surface area contributed by atoms with Crippen molar-refractivity contribution in [3.63, 3.8) is 0 Å². The van der Waals surface area contributed by atoms with Gasteiger partial charge in [0.1, 0.15) is 6.29 Å². The molecular weight excluding hydrogens is 228 g/mol. The Morgan fingerprint density at radius 3 is 3.00 bits per heavy atom. The number of carbonyl (C=O) groups excluding carboxylic acids is 1. The summed E-state index contributed by atoms with van der Waals surface area (Å²) in [5, 5.41) is 0. The molecule has 2 atom stereocenters. The smallest absolute Gasteiger partial charge is 0.192 e. The topological polar surface area (TPSA) is 35.5 Å². The summed E-state index contributed by atoms with van der Waals surface area (Å²) in [6.07, 6.45) is 9.50. The zero-order valence-electron chi connectivity index (χ0n) is 11.3. The Bertz CT molecular complexity index is 370. The van der Waals surface area contributed by atoms with E-state index in [1.54, 1.807) is 0 Å². The molecule has 18 heavy (non-hydrogen) atoms. The molecule has 0 aromatic carbocycles. The van der Waals surface area contributed by atoms with Crippen LogP contribution >= 0.6 is 0 Å². The van der Waals surface area contributed by atoms with Crippen molar-refractivity contribution in [2.45, 2.75) is 57.8 Å². The van der Waals surface area contributed by atoms with Crippen molar-refractivity contribution < 1.29 is 14.3 Å². The lowest BCUT2D eigenvalue weighted by Crippen LogP contribution is -2.30. The third kappa shape index (κ3) is 2.57. The summed E-state index contributed by atoms with van der Waals surface area (Å²) in [6.45, 7) is 4.82. The monoisotopic (exact) mass is 250 g/mol. The quantitative estimate of drug-likeness (QED) is 0.555. The lowest BCUT2D eigenvalue weighted by atomic mass is 10.0. The van der Waals surface area contributed by atoms with Crippen LogP contribution in [0.25, 0.3) is 0 Å². The third-order valence-corrected chi connectivity index (χ3v) is 3.75. The van der Waals surface area contributed by atoms with E-state index in [1.807, 2.05) is 0 Å². The van der Waals surface area contributed by atoms with Crippen molar-refractivity contribution in [1.82, 2.24) is 0 Å². The van der Waals surface area contributed by atoms with Gasteiger partial charge >= 0.3 is 0 Å². The molecule has 1 heterocycles. The third-order valence-electron chi connectivity index (χ3n) is 3.75. The van der Waals surface area contributed by atoms with E-state index in [1.165, 1.54) is 11.1 Å². The van der Waals surface area contributed by atoms with E-state index in [9.17, 15) is 4.79 Å². The van der Waals surface area contributed by atoms with Crippen LogP contribution in [0.1, 0.15) is 46.0 Å². The standard InChI is InChI=1S/C15H22O3/c1-3-4-5-6-14-12(2)7-9-15(14)17-11-13(18-15)8-10-16/h4-5,10,13H,3,6-9,11H2,1-2H3/b5-4-. The van der Waals surface area contributed by atoms with Crippen molar-refractivity contribution in [2.75, 3.05) is 6.61 Å². The van der Waals surface area contributed by atoms with Gasteiger partial charge in [-0.05, 0) is 31.8 Å². The van der Waals surface area contributed by atoms with Gasteiger partial charge in [-0.2, -0.15) is 0 Å². The molecule has 0 amide bonds. The van der Waals surface area contributed by atoms with Crippen molar-refractivity contribution in [3.8, 4) is 0 Å². The Kier molecular flexibility index (Phi) is 4.36. The Morgan fingerprint density at radius 1 is 1.44 bits per heavy atom. The van der Waals surface area contributed by atoms with Crippen LogP contribution in [0.2, 0.25) is 0 Å². The fourth-order valence-electron chi connectivity index (χ4n) is 2.75. The van der Waals surface area contributed by atoms with Gasteiger partial charge in [0.25, 0.3) is 0 Å². The van der Waals surface area contributed by atoms with Crippen LogP contribution in [0, 0.1) is 0 Å². The Hall–Kier alpha value is -0.930. The summed E-state index contributed by atoms with van der Waals surface area (Å²) in [6, 6.07) is 0. The number of ether oxygens (including phenoxy) is 2. The molecule has 3 nitrogen and oxygen atoms in total. The molecule has 3 heteroatoms. The number of carbonyl (C=O) groups is 1. The van der Waals surface area contributed by atoms with Gasteiger partial charge in [0.2, 0.25) is 0 Å². The van der Waals surface area contributed by atoms with Crippen molar-refractivity contribution in [1.29, 1.82) is 0 Å². The first-order valence-corrected chi connectivity index (χ1v) is 6.81. The Balaban J connectivity index is 2.08. The first-order chi connectivity index (χ1) is 8.72. The summed E-state index contributed by atoms with van der Waals surface area (Å²) in [7, 11) is 0. The van der Waals surface area contributed by atoms with Gasteiger partial charge in [-0.15, -0.1) is 0 Å². The van der Waals surface area contributed by atoms with Crippen molar-refractivity contribution in [2.24, 2.45) is 0 Å². The molecule has 2 rings (SSSR count). The van der Waals surface area contributed by atoms with Gasteiger partial charge < -0.3 is 14.3 Å². The summed E-state index contributed by atoms with van der Waals surface area (Å²) < 4.78 is 11.9. The van der Waals surface area contributed by atoms with Crippen LogP contribution in [-0.4, -0.2) is 24.8 Å². The van der Waals surface area contributed by atoms with Crippen LogP contribution in [-0.2, 0) is 14.3 Å². The SMILES string of the molecule is CC/C=C\CC1=C(C)CCC12OCC(CC=O)O2. The summed E-state index contributed by atoms with van der Waals surface area (Å²) in [5.41, 5.74) is 2.64. The van der Waals surface area contributed by atoms with Gasteiger partial charge in [-0.1, -0.05) is 24.6 Å². The van der Waals surface area contributed by atoms with Crippen LogP contribution in [0.15, 0.2) is 23.3 Å². The average molecular weight is 250 g/mol. The number of hydrogen-bond acceptors (Lipinski definition) is 3. The summed E-state index contributed by atoms with van der Waals surface area (Å²) in [4.78, 5) is 10.6. The summed E-state index contributed by atoms with van der Waals surface area (Å²) in [5.74, 6) is -0.532. The maximum Gasteiger partial charge on any atom is 0.192 e. The maximum atomic E-state index is 10.6. The van der Waals surface area contributed by atoms with E-state index < -0.39 is 5.79 Å². The molecule has 1 spiro atoms. The second-order valence-corrected chi connectivity index (χ2v) is 5.05. The van der Waals surface area contributed by atoms with E-state index in [4.69, 9.17) is 9.47 Å². The molecule has 0 aromatic heterocycles. The molecule has 0 aromatic rings. The largest absolute Gasteiger partial charge is 0.343 e. The highest BCUT2D eigenvalue weighted by atomic mass is 16.7. The second kappa shape index (κ2) is 5.81. The van der Waals surface area contributed by atoms with Gasteiger partial charge in [-0.25, -0.2) is 0 Å². The lowest BCUT2D eigenvalue weighted by molar-refractivity contribution is -0.139. The predicted molar refractivity (Wildman–Crippen MR) is 70.2 cm³/mol. The molecule has 1 aliphatic heterocycles. The highest BCUT2D eigenvalue weighted by Gasteiger charge is 2.47. The van der Waals surface area contributed by atoms with Crippen molar-refractivity contribution >= 4 is 6.29 Å². The van der Waals surface area contributed by atoms with E-state index in [2.05, 4.69) is 26.0 Å². The molecule has 0 N–H and O–H groups in total. The van der Waals surface area contributed by atoms with Crippen LogP contribution in [0.5, 0.6) is 0 Å². The minimum Gasteiger partial charge on any atom is -0.343 e. The molecule has 0 bridgehead atoms. The molecular formula is C15H22O3. The number of allylic oxidation sites excluding steroid dienone is 3. The Labute approximate surface area is 109 Å². The minimum absolute atomic E-state index is 0.0708. The van der Waals surface area contributed by atoms with E-state index >= 15 is 0 Å². The van der Waals surface area contributed by atoms with Gasteiger partial charge in [0.05, 0.1) is 12.7 Å². The molecule has 2 aliphatic rings. The van der Waals surface area contributed by atoms with Gasteiger partial charge in [-0.3, -0.25) is 0 Å². The normalized spacial score (nSPS) is 32.0. The number of rotatable bonds is 5. The molecule has 100 valence electrons. The first-order valence-electron chi connectivity index (χ1n) is 6.81. The lowest BCUT2D eigenvalue weighted by Gasteiger charge is -2.26. The highest BCUT2D eigenvalue weighted by Crippen LogP contribution is 2.45. The fraction of sp³-hybridized carbons (Fsp3) is 0.667. The van der Waals surface area contributed by atoms with Crippen LogP contribution in [0.4, 0.5) is 0 Å². The van der Waals surface area contributed by atoms with E-state index in [-0.39, 0.29) is 6.10 Å². The molecule has 1 aliphatic carbocycles. The summed E-state index contributed by atoms with van der Waals surface area (Å²) >= 11 is 0. The zero-order chi connectivity index (χ0) is 13.0. The molecule has 1 saturated heterocycles.